The van der Waals surface area contributed by atoms with E-state index in [-0.39, 0.29) is 11.0 Å². The standard InChI is InChI=1S/C15H24O4.H4Si/c1-6-16-12-10-11(5)13(17-7-2)15(19-9-4)14(12)18-8-3;/h10H,6-9H2,1-5H3;1H4. The highest BCUT2D eigenvalue weighted by Gasteiger charge is 2.21. The Bertz CT molecular complexity index is 407. The summed E-state index contributed by atoms with van der Waals surface area (Å²) in [5.74, 6) is 2.69. The molecule has 0 aliphatic heterocycles. The second-order valence-corrected chi connectivity index (χ2v) is 3.91. The highest BCUT2D eigenvalue weighted by atomic mass is 28.1. The SMILES string of the molecule is CCOc1cc(C)c(OCC)c(OCC)c1OCC.[SiH4]. The van der Waals surface area contributed by atoms with Gasteiger partial charge in [-0.2, -0.15) is 0 Å². The lowest BCUT2D eigenvalue weighted by Crippen LogP contribution is -2.06. The van der Waals surface area contributed by atoms with Crippen molar-refractivity contribution in [2.24, 2.45) is 0 Å². The van der Waals surface area contributed by atoms with Gasteiger partial charge in [0.05, 0.1) is 26.4 Å². The maximum absolute atomic E-state index is 5.71. The summed E-state index contributed by atoms with van der Waals surface area (Å²) in [6.07, 6.45) is 0. The summed E-state index contributed by atoms with van der Waals surface area (Å²) in [6.45, 7) is 12.0. The first-order chi connectivity index (χ1) is 9.19. The predicted octanol–water partition coefficient (Wildman–Crippen LogP) is 2.14. The van der Waals surface area contributed by atoms with Gasteiger partial charge in [0.15, 0.2) is 11.5 Å². The van der Waals surface area contributed by atoms with Crippen LogP contribution in [-0.2, 0) is 0 Å². The molecule has 4 nitrogen and oxygen atoms in total. The van der Waals surface area contributed by atoms with Crippen LogP contribution in [0.2, 0.25) is 0 Å². The number of rotatable bonds is 8. The molecule has 0 N–H and O–H groups in total. The molecule has 0 aromatic heterocycles. The van der Waals surface area contributed by atoms with Crippen molar-refractivity contribution in [3.05, 3.63) is 11.6 Å². The zero-order chi connectivity index (χ0) is 14.3. The fourth-order valence-corrected chi connectivity index (χ4v) is 1.86. The van der Waals surface area contributed by atoms with E-state index in [1.165, 1.54) is 0 Å². The molecule has 1 aromatic carbocycles. The van der Waals surface area contributed by atoms with Crippen LogP contribution in [0.1, 0.15) is 33.3 Å². The molecule has 0 saturated carbocycles. The van der Waals surface area contributed by atoms with Crippen LogP contribution < -0.4 is 18.9 Å². The molecule has 0 unspecified atom stereocenters. The average Bonchev–Trinajstić information content (AvgIpc) is 2.38. The second-order valence-electron chi connectivity index (χ2n) is 3.91. The quantitative estimate of drug-likeness (QED) is 0.689. The molecule has 116 valence electrons. The fourth-order valence-electron chi connectivity index (χ4n) is 1.86. The first-order valence-electron chi connectivity index (χ1n) is 6.88. The van der Waals surface area contributed by atoms with Crippen molar-refractivity contribution >= 4 is 11.0 Å². The maximum Gasteiger partial charge on any atom is 0.207 e. The normalized spacial score (nSPS) is 9.65. The molecular formula is C15H28O4Si. The zero-order valence-electron chi connectivity index (χ0n) is 12.5. The Kier molecular flexibility index (Phi) is 8.88. The summed E-state index contributed by atoms with van der Waals surface area (Å²) in [7, 11) is 0. The summed E-state index contributed by atoms with van der Waals surface area (Å²) in [6, 6.07) is 1.93. The fraction of sp³-hybridized carbons (Fsp3) is 0.600. The monoisotopic (exact) mass is 300 g/mol. The summed E-state index contributed by atoms with van der Waals surface area (Å²) in [5, 5.41) is 0. The molecule has 1 rings (SSSR count). The number of aryl methyl sites for hydroxylation is 1. The Morgan fingerprint density at radius 1 is 0.700 bits per heavy atom. The topological polar surface area (TPSA) is 36.9 Å². The summed E-state index contributed by atoms with van der Waals surface area (Å²) < 4.78 is 22.7. The number of ether oxygens (including phenoxy) is 4. The van der Waals surface area contributed by atoms with Crippen LogP contribution in [0.4, 0.5) is 0 Å². The third-order valence-electron chi connectivity index (χ3n) is 2.51. The third-order valence-corrected chi connectivity index (χ3v) is 2.51. The van der Waals surface area contributed by atoms with Crippen molar-refractivity contribution in [3.63, 3.8) is 0 Å². The molecule has 1 aromatic rings. The van der Waals surface area contributed by atoms with Gasteiger partial charge in [0.25, 0.3) is 0 Å². The molecule has 20 heavy (non-hydrogen) atoms. The highest BCUT2D eigenvalue weighted by molar-refractivity contribution is 5.75. The Hall–Kier alpha value is -1.36. The molecular weight excluding hydrogens is 272 g/mol. The Labute approximate surface area is 126 Å². The van der Waals surface area contributed by atoms with Gasteiger partial charge in [0.1, 0.15) is 0 Å². The van der Waals surface area contributed by atoms with E-state index in [1.807, 2.05) is 40.7 Å². The van der Waals surface area contributed by atoms with Crippen LogP contribution in [0, 0.1) is 6.92 Å². The lowest BCUT2D eigenvalue weighted by molar-refractivity contribution is 0.243. The predicted molar refractivity (Wildman–Crippen MR) is 87.2 cm³/mol. The van der Waals surface area contributed by atoms with Crippen molar-refractivity contribution in [2.45, 2.75) is 34.6 Å². The van der Waals surface area contributed by atoms with Crippen LogP contribution in [-0.4, -0.2) is 37.4 Å². The molecule has 0 spiro atoms. The van der Waals surface area contributed by atoms with E-state index in [1.54, 1.807) is 0 Å². The van der Waals surface area contributed by atoms with Crippen LogP contribution in [0.5, 0.6) is 23.0 Å². The van der Waals surface area contributed by atoms with E-state index >= 15 is 0 Å². The van der Waals surface area contributed by atoms with Crippen molar-refractivity contribution in [3.8, 4) is 23.0 Å². The van der Waals surface area contributed by atoms with E-state index in [0.717, 1.165) is 11.3 Å². The Balaban J connectivity index is 0.00000361. The van der Waals surface area contributed by atoms with Gasteiger partial charge in [-0.3, -0.25) is 0 Å². The maximum atomic E-state index is 5.71. The van der Waals surface area contributed by atoms with Gasteiger partial charge in [-0.25, -0.2) is 0 Å². The van der Waals surface area contributed by atoms with Crippen LogP contribution in [0.3, 0.4) is 0 Å². The summed E-state index contributed by atoms with van der Waals surface area (Å²) in [5.41, 5.74) is 0.984. The van der Waals surface area contributed by atoms with Crippen molar-refractivity contribution < 1.29 is 18.9 Å². The van der Waals surface area contributed by atoms with E-state index in [2.05, 4.69) is 0 Å². The number of hydrogen-bond acceptors (Lipinski definition) is 4. The van der Waals surface area contributed by atoms with E-state index in [4.69, 9.17) is 18.9 Å². The molecule has 0 heterocycles. The summed E-state index contributed by atoms with van der Waals surface area (Å²) >= 11 is 0. The average molecular weight is 300 g/mol. The molecule has 0 fully saturated rings. The zero-order valence-corrected chi connectivity index (χ0v) is 12.5. The van der Waals surface area contributed by atoms with E-state index in [9.17, 15) is 0 Å². The molecule has 0 atom stereocenters. The first-order valence-corrected chi connectivity index (χ1v) is 6.88. The van der Waals surface area contributed by atoms with Crippen LogP contribution in [0.15, 0.2) is 6.07 Å². The molecule has 0 bridgehead atoms. The minimum absolute atomic E-state index is 0. The van der Waals surface area contributed by atoms with Crippen molar-refractivity contribution in [1.29, 1.82) is 0 Å². The molecule has 0 aliphatic rings. The Morgan fingerprint density at radius 3 is 1.65 bits per heavy atom. The minimum atomic E-state index is 0. The molecule has 0 amide bonds. The first kappa shape index (κ1) is 18.6. The molecule has 0 radical (unpaired) electrons. The van der Waals surface area contributed by atoms with Gasteiger partial charge in [-0.1, -0.05) is 0 Å². The van der Waals surface area contributed by atoms with Crippen LogP contribution in [0.25, 0.3) is 0 Å². The number of benzene rings is 1. The van der Waals surface area contributed by atoms with E-state index in [0.29, 0.717) is 43.7 Å². The molecule has 0 saturated heterocycles. The van der Waals surface area contributed by atoms with Gasteiger partial charge in [-0.05, 0) is 57.2 Å². The Morgan fingerprint density at radius 2 is 1.15 bits per heavy atom. The van der Waals surface area contributed by atoms with Crippen molar-refractivity contribution in [2.75, 3.05) is 26.4 Å². The lowest BCUT2D eigenvalue weighted by atomic mass is 10.1. The van der Waals surface area contributed by atoms with E-state index < -0.39 is 0 Å². The minimum Gasteiger partial charge on any atom is -0.490 e. The number of hydrogen-bond donors (Lipinski definition) is 0. The van der Waals surface area contributed by atoms with Gasteiger partial charge in [-0.15, -0.1) is 0 Å². The third kappa shape index (κ3) is 4.33. The van der Waals surface area contributed by atoms with Crippen molar-refractivity contribution in [1.82, 2.24) is 0 Å². The van der Waals surface area contributed by atoms with Gasteiger partial charge in [0, 0.05) is 0 Å². The van der Waals surface area contributed by atoms with Crippen LogP contribution >= 0.6 is 0 Å². The molecule has 0 aliphatic carbocycles. The van der Waals surface area contributed by atoms with Gasteiger partial charge < -0.3 is 18.9 Å². The van der Waals surface area contributed by atoms with Gasteiger partial charge >= 0.3 is 0 Å². The second kappa shape index (κ2) is 9.53. The largest absolute Gasteiger partial charge is 0.490 e. The summed E-state index contributed by atoms with van der Waals surface area (Å²) in [4.78, 5) is 0. The smallest absolute Gasteiger partial charge is 0.207 e. The molecule has 5 heteroatoms. The lowest BCUT2D eigenvalue weighted by Gasteiger charge is -2.20. The highest BCUT2D eigenvalue weighted by Crippen LogP contribution is 2.47. The van der Waals surface area contributed by atoms with Gasteiger partial charge in [0.2, 0.25) is 11.5 Å².